The number of imide groups is 1. The zero-order chi connectivity index (χ0) is 19.6. The van der Waals surface area contributed by atoms with Gasteiger partial charge >= 0.3 is 0 Å². The molecule has 0 aliphatic carbocycles. The van der Waals surface area contributed by atoms with Crippen molar-refractivity contribution in [3.8, 4) is 11.5 Å². The van der Waals surface area contributed by atoms with E-state index in [0.717, 1.165) is 4.90 Å². The first kappa shape index (κ1) is 19.0. The van der Waals surface area contributed by atoms with Crippen molar-refractivity contribution < 1.29 is 23.5 Å². The van der Waals surface area contributed by atoms with Crippen LogP contribution >= 0.6 is 11.8 Å². The third-order valence-corrected chi connectivity index (χ3v) is 5.05. The van der Waals surface area contributed by atoms with Gasteiger partial charge in [-0.1, -0.05) is 19.1 Å². The summed E-state index contributed by atoms with van der Waals surface area (Å²) in [6.45, 7) is 1.90. The molecule has 3 rings (SSSR count). The monoisotopic (exact) mass is 387 g/mol. The van der Waals surface area contributed by atoms with Crippen molar-refractivity contribution in [3.05, 3.63) is 58.8 Å². The Morgan fingerprint density at radius 1 is 1.00 bits per heavy atom. The molecule has 140 valence electrons. The second-order valence-corrected chi connectivity index (χ2v) is 6.90. The molecule has 2 aromatic rings. The molecule has 7 heteroatoms. The first-order valence-electron chi connectivity index (χ1n) is 8.25. The van der Waals surface area contributed by atoms with Crippen LogP contribution in [0.4, 0.5) is 10.1 Å². The van der Waals surface area contributed by atoms with Crippen LogP contribution in [0.25, 0.3) is 5.57 Å². The van der Waals surface area contributed by atoms with Gasteiger partial charge in [0.15, 0.2) is 0 Å². The standard InChI is InChI=1S/C20H18FNO4S/c1-4-27-18-17(12-5-7-13(21)8-6-12)19(23)22(20(18)24)15-11-14(25-2)9-10-16(15)26-3/h5-11H,4H2,1-3H3. The molecule has 0 fully saturated rings. The van der Waals surface area contributed by atoms with E-state index in [1.807, 2.05) is 6.92 Å². The maximum Gasteiger partial charge on any atom is 0.272 e. The van der Waals surface area contributed by atoms with E-state index < -0.39 is 17.6 Å². The summed E-state index contributed by atoms with van der Waals surface area (Å²) >= 11 is 1.28. The van der Waals surface area contributed by atoms with Crippen molar-refractivity contribution in [3.63, 3.8) is 0 Å². The molecule has 0 N–H and O–H groups in total. The molecule has 0 radical (unpaired) electrons. The third kappa shape index (κ3) is 3.42. The lowest BCUT2D eigenvalue weighted by Gasteiger charge is -2.19. The van der Waals surface area contributed by atoms with Gasteiger partial charge < -0.3 is 9.47 Å². The summed E-state index contributed by atoms with van der Waals surface area (Å²) in [6, 6.07) is 10.4. The fourth-order valence-corrected chi connectivity index (χ4v) is 3.70. The fourth-order valence-electron chi connectivity index (χ4n) is 2.85. The number of nitrogens with zero attached hydrogens (tertiary/aromatic N) is 1. The third-order valence-electron chi connectivity index (χ3n) is 4.09. The highest BCUT2D eigenvalue weighted by molar-refractivity contribution is 8.04. The lowest BCUT2D eigenvalue weighted by molar-refractivity contribution is -0.119. The van der Waals surface area contributed by atoms with Crippen molar-refractivity contribution in [1.29, 1.82) is 0 Å². The number of carbonyl (C=O) groups is 2. The maximum atomic E-state index is 13.3. The molecular weight excluding hydrogens is 369 g/mol. The van der Waals surface area contributed by atoms with E-state index in [4.69, 9.17) is 9.47 Å². The molecular formula is C20H18FNO4S. The predicted molar refractivity (Wildman–Crippen MR) is 103 cm³/mol. The summed E-state index contributed by atoms with van der Waals surface area (Å²) in [5.41, 5.74) is 1.06. The molecule has 0 saturated carbocycles. The van der Waals surface area contributed by atoms with Crippen LogP contribution in [-0.4, -0.2) is 31.8 Å². The van der Waals surface area contributed by atoms with Crippen LogP contribution in [0.3, 0.4) is 0 Å². The maximum absolute atomic E-state index is 13.3. The SMILES string of the molecule is CCSC1=C(c2ccc(F)cc2)C(=O)N(c2cc(OC)ccc2OC)C1=O. The van der Waals surface area contributed by atoms with Gasteiger partial charge in [-0.05, 0) is 35.6 Å². The van der Waals surface area contributed by atoms with E-state index >= 15 is 0 Å². The highest BCUT2D eigenvalue weighted by Crippen LogP contribution is 2.42. The number of halogens is 1. The fraction of sp³-hybridized carbons (Fsp3) is 0.200. The number of methoxy groups -OCH3 is 2. The Kier molecular flexibility index (Phi) is 5.51. The van der Waals surface area contributed by atoms with E-state index in [1.165, 1.54) is 50.2 Å². The van der Waals surface area contributed by atoms with Crippen molar-refractivity contribution in [1.82, 2.24) is 0 Å². The number of ether oxygens (including phenoxy) is 2. The Bertz CT molecular complexity index is 924. The summed E-state index contributed by atoms with van der Waals surface area (Å²) in [6.07, 6.45) is 0. The molecule has 0 unspecified atom stereocenters. The number of rotatable bonds is 6. The summed E-state index contributed by atoms with van der Waals surface area (Å²) in [5, 5.41) is 0. The van der Waals surface area contributed by atoms with Gasteiger partial charge in [-0.25, -0.2) is 9.29 Å². The van der Waals surface area contributed by atoms with Crippen molar-refractivity contribution in [2.75, 3.05) is 24.9 Å². The van der Waals surface area contributed by atoms with Crippen molar-refractivity contribution in [2.24, 2.45) is 0 Å². The van der Waals surface area contributed by atoms with Crippen LogP contribution in [0.2, 0.25) is 0 Å². The number of amides is 2. The second-order valence-electron chi connectivity index (χ2n) is 5.63. The molecule has 0 saturated heterocycles. The molecule has 0 bridgehead atoms. The van der Waals surface area contributed by atoms with Gasteiger partial charge in [0.05, 0.1) is 30.4 Å². The normalized spacial score (nSPS) is 14.1. The van der Waals surface area contributed by atoms with Crippen LogP contribution in [0, 0.1) is 5.82 Å². The van der Waals surface area contributed by atoms with Gasteiger partial charge in [0.2, 0.25) is 0 Å². The molecule has 1 heterocycles. The zero-order valence-corrected chi connectivity index (χ0v) is 15.9. The van der Waals surface area contributed by atoms with E-state index in [1.54, 1.807) is 18.2 Å². The van der Waals surface area contributed by atoms with Gasteiger partial charge in [0.1, 0.15) is 17.3 Å². The van der Waals surface area contributed by atoms with Gasteiger partial charge in [-0.3, -0.25) is 9.59 Å². The smallest absolute Gasteiger partial charge is 0.272 e. The summed E-state index contributed by atoms with van der Waals surface area (Å²) < 4.78 is 23.8. The Balaban J connectivity index is 2.13. The Morgan fingerprint density at radius 2 is 1.70 bits per heavy atom. The number of carbonyl (C=O) groups excluding carboxylic acids is 2. The van der Waals surface area contributed by atoms with Gasteiger partial charge in [-0.15, -0.1) is 11.8 Å². The van der Waals surface area contributed by atoms with Gasteiger partial charge in [0, 0.05) is 6.07 Å². The summed E-state index contributed by atoms with van der Waals surface area (Å²) in [7, 11) is 2.96. The van der Waals surface area contributed by atoms with Gasteiger partial charge in [-0.2, -0.15) is 0 Å². The molecule has 27 heavy (non-hydrogen) atoms. The van der Waals surface area contributed by atoms with E-state index in [9.17, 15) is 14.0 Å². The molecule has 0 atom stereocenters. The van der Waals surface area contributed by atoms with E-state index in [0.29, 0.717) is 33.4 Å². The van der Waals surface area contributed by atoms with Gasteiger partial charge in [0.25, 0.3) is 11.8 Å². The second kappa shape index (κ2) is 7.84. The lowest BCUT2D eigenvalue weighted by Crippen LogP contribution is -2.31. The molecule has 5 nitrogen and oxygen atoms in total. The van der Waals surface area contributed by atoms with E-state index in [2.05, 4.69) is 0 Å². The number of hydrogen-bond acceptors (Lipinski definition) is 5. The Labute approximate surface area is 160 Å². The Morgan fingerprint density at radius 3 is 2.30 bits per heavy atom. The zero-order valence-electron chi connectivity index (χ0n) is 15.1. The predicted octanol–water partition coefficient (Wildman–Crippen LogP) is 3.88. The van der Waals surface area contributed by atoms with Crippen molar-refractivity contribution >= 4 is 34.8 Å². The first-order valence-corrected chi connectivity index (χ1v) is 9.24. The molecule has 2 amide bonds. The van der Waals surface area contributed by atoms with Crippen LogP contribution in [0.1, 0.15) is 12.5 Å². The minimum Gasteiger partial charge on any atom is -0.497 e. The molecule has 0 spiro atoms. The number of thioether (sulfide) groups is 1. The van der Waals surface area contributed by atoms with Crippen LogP contribution < -0.4 is 14.4 Å². The number of anilines is 1. The largest absolute Gasteiger partial charge is 0.497 e. The van der Waals surface area contributed by atoms with E-state index in [-0.39, 0.29) is 5.57 Å². The highest BCUT2D eigenvalue weighted by atomic mass is 32.2. The van der Waals surface area contributed by atoms with Crippen LogP contribution in [-0.2, 0) is 9.59 Å². The summed E-state index contributed by atoms with van der Waals surface area (Å²) in [4.78, 5) is 27.7. The Hall–Kier alpha value is -2.80. The lowest BCUT2D eigenvalue weighted by atomic mass is 10.1. The molecule has 1 aliphatic rings. The molecule has 2 aromatic carbocycles. The van der Waals surface area contributed by atoms with Crippen molar-refractivity contribution in [2.45, 2.75) is 6.92 Å². The van der Waals surface area contributed by atoms with Crippen LogP contribution in [0.5, 0.6) is 11.5 Å². The number of hydrogen-bond donors (Lipinski definition) is 0. The first-order chi connectivity index (χ1) is 13.0. The van der Waals surface area contributed by atoms with Crippen LogP contribution in [0.15, 0.2) is 47.4 Å². The summed E-state index contributed by atoms with van der Waals surface area (Å²) in [5.74, 6) is 0.159. The highest BCUT2D eigenvalue weighted by Gasteiger charge is 2.41. The minimum absolute atomic E-state index is 0.261. The minimum atomic E-state index is -0.478. The topological polar surface area (TPSA) is 55.8 Å². The molecule has 1 aliphatic heterocycles. The quantitative estimate of drug-likeness (QED) is 0.704. The molecule has 0 aromatic heterocycles. The average molecular weight is 387 g/mol. The average Bonchev–Trinajstić information content (AvgIpc) is 2.92. The number of benzene rings is 2.